The standard InChI is InChI=1S/C33H46N2O8S/c1-24-27(14-16-36)31(23-42-24)43-33(38)34-28(20-25-10-6-5-7-11-25)29(37)22-35-15-19-40-17-8-3-4-9-18-41-30-21-26(39-2)12-13-32(30)44-35/h3,5-8,10-13,21,24,27-29,31,36-37H,4,9,14-20,22-23H2,1-2H3,(H,34,38)/b8-3-/t24-,27+,28-,29+,31-/m0/s1. The molecule has 0 spiro atoms. The van der Waals surface area contributed by atoms with Crippen molar-refractivity contribution in [1.82, 2.24) is 9.62 Å². The highest BCUT2D eigenvalue weighted by Gasteiger charge is 2.37. The van der Waals surface area contributed by atoms with Crippen molar-refractivity contribution in [3.05, 3.63) is 66.2 Å². The molecule has 2 aliphatic rings. The van der Waals surface area contributed by atoms with Crippen molar-refractivity contribution in [2.24, 2.45) is 5.92 Å². The summed E-state index contributed by atoms with van der Waals surface area (Å²) in [6.45, 7) is 4.49. The maximum Gasteiger partial charge on any atom is 0.407 e. The fraction of sp³-hybridized carbons (Fsp3) is 0.545. The number of alkyl carbamates (subject to hydrolysis) is 1. The Labute approximate surface area is 264 Å². The van der Waals surface area contributed by atoms with E-state index in [2.05, 4.69) is 11.4 Å². The van der Waals surface area contributed by atoms with Crippen molar-refractivity contribution in [3.63, 3.8) is 0 Å². The van der Waals surface area contributed by atoms with Crippen LogP contribution in [0.4, 0.5) is 4.79 Å². The second-order valence-corrected chi connectivity index (χ2v) is 12.1. The maximum absolute atomic E-state index is 13.2. The first-order valence-corrected chi connectivity index (χ1v) is 16.1. The number of aliphatic hydroxyl groups is 2. The summed E-state index contributed by atoms with van der Waals surface area (Å²) in [4.78, 5) is 14.0. The third-order valence-corrected chi connectivity index (χ3v) is 8.92. The topological polar surface area (TPSA) is 119 Å². The molecule has 2 heterocycles. The molecular weight excluding hydrogens is 584 g/mol. The highest BCUT2D eigenvalue weighted by atomic mass is 32.2. The lowest BCUT2D eigenvalue weighted by atomic mass is 9.96. The molecule has 0 aliphatic carbocycles. The lowest BCUT2D eigenvalue weighted by molar-refractivity contribution is 0.0521. The molecule has 4 rings (SSSR count). The minimum absolute atomic E-state index is 0.0103. The molecule has 0 unspecified atom stereocenters. The zero-order valence-corrected chi connectivity index (χ0v) is 26.5. The van der Waals surface area contributed by atoms with Gasteiger partial charge in [-0.1, -0.05) is 42.5 Å². The molecule has 1 amide bonds. The van der Waals surface area contributed by atoms with Crippen LogP contribution in [0.5, 0.6) is 11.5 Å². The average molecular weight is 631 g/mol. The fourth-order valence-electron chi connectivity index (χ4n) is 5.30. The molecule has 0 saturated carbocycles. The minimum atomic E-state index is -0.941. The van der Waals surface area contributed by atoms with Gasteiger partial charge in [-0.2, -0.15) is 0 Å². The second-order valence-electron chi connectivity index (χ2n) is 11.0. The van der Waals surface area contributed by atoms with Gasteiger partial charge in [0.25, 0.3) is 0 Å². The molecule has 5 atom stereocenters. The van der Waals surface area contributed by atoms with Gasteiger partial charge in [0, 0.05) is 31.7 Å². The van der Waals surface area contributed by atoms with Crippen molar-refractivity contribution < 1.29 is 38.7 Å². The Bertz CT molecular complexity index is 1170. The first kappa shape index (κ1) is 34.1. The third kappa shape index (κ3) is 10.7. The van der Waals surface area contributed by atoms with Crippen LogP contribution >= 0.6 is 11.9 Å². The van der Waals surface area contributed by atoms with Crippen LogP contribution in [-0.2, 0) is 20.6 Å². The predicted molar refractivity (Wildman–Crippen MR) is 169 cm³/mol. The molecule has 0 bridgehead atoms. The molecule has 11 heteroatoms. The smallest absolute Gasteiger partial charge is 0.407 e. The second kappa shape index (κ2) is 18.2. The van der Waals surface area contributed by atoms with Gasteiger partial charge in [0.05, 0.1) is 56.7 Å². The third-order valence-electron chi connectivity index (χ3n) is 7.80. The van der Waals surface area contributed by atoms with Gasteiger partial charge in [-0.05, 0) is 62.3 Å². The first-order chi connectivity index (χ1) is 21.5. The quantitative estimate of drug-likeness (QED) is 0.260. The van der Waals surface area contributed by atoms with Gasteiger partial charge in [-0.3, -0.25) is 0 Å². The SMILES string of the molecule is COc1ccc2c(c1)OCCC/C=C\COCCN(C[C@@H](O)[C@H](Cc1ccccc1)NC(=O)O[C@H]1CO[C@@H](C)[C@H]1CCO)S2. The number of rotatable bonds is 10. The molecule has 2 aromatic carbocycles. The van der Waals surface area contributed by atoms with Gasteiger partial charge in [-0.25, -0.2) is 9.10 Å². The zero-order chi connectivity index (χ0) is 31.1. The van der Waals surface area contributed by atoms with Crippen LogP contribution in [0.2, 0.25) is 0 Å². The zero-order valence-electron chi connectivity index (χ0n) is 25.6. The normalized spacial score (nSPS) is 23.8. The van der Waals surface area contributed by atoms with E-state index in [0.29, 0.717) is 50.7 Å². The van der Waals surface area contributed by atoms with Crippen LogP contribution < -0.4 is 14.8 Å². The van der Waals surface area contributed by atoms with E-state index >= 15 is 0 Å². The number of nitrogens with zero attached hydrogens (tertiary/aromatic N) is 1. The lowest BCUT2D eigenvalue weighted by Crippen LogP contribution is -2.50. The van der Waals surface area contributed by atoms with Gasteiger partial charge >= 0.3 is 6.09 Å². The summed E-state index contributed by atoms with van der Waals surface area (Å²) in [5, 5.41) is 24.0. The Morgan fingerprint density at radius 2 is 2.02 bits per heavy atom. The van der Waals surface area contributed by atoms with E-state index in [1.165, 1.54) is 11.9 Å². The van der Waals surface area contributed by atoms with E-state index in [4.69, 9.17) is 23.7 Å². The fourth-order valence-corrected chi connectivity index (χ4v) is 6.31. The van der Waals surface area contributed by atoms with Gasteiger partial charge in [0.2, 0.25) is 0 Å². The molecule has 242 valence electrons. The van der Waals surface area contributed by atoms with Gasteiger partial charge in [0.1, 0.15) is 17.6 Å². The van der Waals surface area contributed by atoms with Gasteiger partial charge in [-0.15, -0.1) is 0 Å². The number of allylic oxidation sites excluding steroid dienone is 1. The monoisotopic (exact) mass is 630 g/mol. The van der Waals surface area contributed by atoms with E-state index in [-0.39, 0.29) is 31.8 Å². The van der Waals surface area contributed by atoms with E-state index in [1.807, 2.05) is 65.8 Å². The van der Waals surface area contributed by atoms with Crippen LogP contribution in [0.25, 0.3) is 0 Å². The Morgan fingerprint density at radius 3 is 2.82 bits per heavy atom. The van der Waals surface area contributed by atoms with E-state index < -0.39 is 24.3 Å². The number of benzene rings is 2. The number of fused-ring (bicyclic) bond motifs is 1. The summed E-state index contributed by atoms with van der Waals surface area (Å²) in [6.07, 6.45) is 4.63. The summed E-state index contributed by atoms with van der Waals surface area (Å²) in [7, 11) is 1.63. The van der Waals surface area contributed by atoms with E-state index in [9.17, 15) is 15.0 Å². The van der Waals surface area contributed by atoms with Crippen LogP contribution in [0, 0.1) is 5.92 Å². The summed E-state index contributed by atoms with van der Waals surface area (Å²) in [6, 6.07) is 14.8. The molecule has 0 aromatic heterocycles. The molecule has 2 aromatic rings. The van der Waals surface area contributed by atoms with Crippen molar-refractivity contribution >= 4 is 18.0 Å². The molecule has 1 fully saturated rings. The minimum Gasteiger partial charge on any atom is -0.497 e. The molecule has 2 aliphatic heterocycles. The molecule has 44 heavy (non-hydrogen) atoms. The van der Waals surface area contributed by atoms with Crippen molar-refractivity contribution in [1.29, 1.82) is 0 Å². The number of hydrogen-bond donors (Lipinski definition) is 3. The Morgan fingerprint density at radius 1 is 1.18 bits per heavy atom. The number of amides is 1. The highest BCUT2D eigenvalue weighted by Crippen LogP contribution is 2.35. The van der Waals surface area contributed by atoms with Crippen LogP contribution in [0.3, 0.4) is 0 Å². The Kier molecular flexibility index (Phi) is 14.1. The van der Waals surface area contributed by atoms with Crippen molar-refractivity contribution in [3.8, 4) is 11.5 Å². The number of carbonyl (C=O) groups is 1. The molecule has 3 N–H and O–H groups in total. The Balaban J connectivity index is 1.50. The molecule has 10 nitrogen and oxygen atoms in total. The number of aliphatic hydroxyl groups excluding tert-OH is 2. The number of ether oxygens (including phenoxy) is 5. The molecule has 1 saturated heterocycles. The molecule has 0 radical (unpaired) electrons. The predicted octanol–water partition coefficient (Wildman–Crippen LogP) is 4.23. The molecular formula is C33H46N2O8S. The number of β-amino-alcohol motifs (C(OH)–C–C–N with tert-alkyl or cyclic N) is 1. The highest BCUT2D eigenvalue weighted by molar-refractivity contribution is 7.97. The van der Waals surface area contributed by atoms with Gasteiger partial charge < -0.3 is 39.2 Å². The van der Waals surface area contributed by atoms with E-state index in [0.717, 1.165) is 23.3 Å². The number of hydrogen-bond acceptors (Lipinski definition) is 10. The van der Waals surface area contributed by atoms with Crippen LogP contribution in [-0.4, -0.2) is 98.2 Å². The van der Waals surface area contributed by atoms with E-state index in [1.54, 1.807) is 7.11 Å². The summed E-state index contributed by atoms with van der Waals surface area (Å²) in [5.41, 5.74) is 0.974. The number of nitrogens with one attached hydrogen (secondary N) is 1. The van der Waals surface area contributed by atoms with Crippen molar-refractivity contribution in [2.75, 3.05) is 53.2 Å². The van der Waals surface area contributed by atoms with Crippen LogP contribution in [0.15, 0.2) is 65.6 Å². The number of carbonyl (C=O) groups excluding carboxylic acids is 1. The maximum atomic E-state index is 13.2. The summed E-state index contributed by atoms with van der Waals surface area (Å²) in [5.74, 6) is 1.32. The Hall–Kier alpha value is -2.80. The number of methoxy groups -OCH3 is 1. The average Bonchev–Trinajstić information content (AvgIpc) is 3.36. The van der Waals surface area contributed by atoms with Crippen LogP contribution in [0.1, 0.15) is 31.7 Å². The lowest BCUT2D eigenvalue weighted by Gasteiger charge is -2.30. The largest absolute Gasteiger partial charge is 0.497 e. The summed E-state index contributed by atoms with van der Waals surface area (Å²) < 4.78 is 30.9. The summed E-state index contributed by atoms with van der Waals surface area (Å²) >= 11 is 1.47. The van der Waals surface area contributed by atoms with Crippen molar-refractivity contribution in [2.45, 2.75) is 61.9 Å². The first-order valence-electron chi connectivity index (χ1n) is 15.3. The van der Waals surface area contributed by atoms with Gasteiger partial charge in [0.15, 0.2) is 0 Å².